The molecule has 4 nitrogen and oxygen atoms in total. The molecule has 0 fully saturated rings. The third kappa shape index (κ3) is 3.05. The van der Waals surface area contributed by atoms with Gasteiger partial charge < -0.3 is 9.64 Å². The molecule has 4 rings (SSSR count). The van der Waals surface area contributed by atoms with Gasteiger partial charge in [0.15, 0.2) is 6.10 Å². The van der Waals surface area contributed by atoms with Crippen molar-refractivity contribution in [2.45, 2.75) is 58.1 Å². The Morgan fingerprint density at radius 3 is 2.77 bits per heavy atom. The SMILES string of the molecule is C[C@H](OC(=O)c1cc2c(s1)CCCC2)C(=O)N1c2ccccc2C[C@H]1C. The Kier molecular flexibility index (Phi) is 4.57. The van der Waals surface area contributed by atoms with Crippen molar-refractivity contribution in [3.8, 4) is 0 Å². The molecule has 2 atom stereocenters. The van der Waals surface area contributed by atoms with Gasteiger partial charge in [0.1, 0.15) is 4.88 Å². The first-order chi connectivity index (χ1) is 12.5. The van der Waals surface area contributed by atoms with Gasteiger partial charge in [0.25, 0.3) is 5.91 Å². The quantitative estimate of drug-likeness (QED) is 0.764. The summed E-state index contributed by atoms with van der Waals surface area (Å²) in [4.78, 5) is 29.2. The molecular formula is C21H23NO3S. The molecule has 0 radical (unpaired) electrons. The molecule has 1 aliphatic carbocycles. The van der Waals surface area contributed by atoms with Crippen LogP contribution in [0.2, 0.25) is 0 Å². The number of aryl methyl sites for hydroxylation is 2. The van der Waals surface area contributed by atoms with Crippen molar-refractivity contribution in [1.82, 2.24) is 0 Å². The predicted molar refractivity (Wildman–Crippen MR) is 103 cm³/mol. The summed E-state index contributed by atoms with van der Waals surface area (Å²) in [6.07, 6.45) is 4.48. The van der Waals surface area contributed by atoms with Crippen LogP contribution in [0.3, 0.4) is 0 Å². The smallest absolute Gasteiger partial charge is 0.349 e. The molecule has 1 aliphatic heterocycles. The monoisotopic (exact) mass is 369 g/mol. The number of amides is 1. The summed E-state index contributed by atoms with van der Waals surface area (Å²) in [6.45, 7) is 3.70. The van der Waals surface area contributed by atoms with E-state index in [4.69, 9.17) is 4.74 Å². The van der Waals surface area contributed by atoms with Crippen LogP contribution in [0.15, 0.2) is 30.3 Å². The van der Waals surface area contributed by atoms with Crippen LogP contribution in [-0.2, 0) is 28.8 Å². The lowest BCUT2D eigenvalue weighted by atomic mass is 9.99. The van der Waals surface area contributed by atoms with E-state index in [0.717, 1.165) is 30.5 Å². The summed E-state index contributed by atoms with van der Waals surface area (Å²) in [5.41, 5.74) is 3.37. The number of thiophene rings is 1. The lowest BCUT2D eigenvalue weighted by Gasteiger charge is -2.25. The average Bonchev–Trinajstić information content (AvgIpc) is 3.21. The van der Waals surface area contributed by atoms with Crippen molar-refractivity contribution in [1.29, 1.82) is 0 Å². The van der Waals surface area contributed by atoms with E-state index in [1.54, 1.807) is 11.8 Å². The fourth-order valence-electron chi connectivity index (χ4n) is 3.96. The number of hydrogen-bond donors (Lipinski definition) is 0. The number of ether oxygens (including phenoxy) is 1. The predicted octanol–water partition coefficient (Wildman–Crippen LogP) is 4.15. The minimum atomic E-state index is -0.796. The second kappa shape index (κ2) is 6.88. The largest absolute Gasteiger partial charge is 0.448 e. The maximum absolute atomic E-state index is 12.9. The normalized spacial score (nSPS) is 19.6. The Labute approximate surface area is 157 Å². The van der Waals surface area contributed by atoms with Crippen LogP contribution in [-0.4, -0.2) is 24.0 Å². The summed E-state index contributed by atoms with van der Waals surface area (Å²) in [7, 11) is 0. The first-order valence-electron chi connectivity index (χ1n) is 9.28. The molecule has 1 aromatic carbocycles. The maximum atomic E-state index is 12.9. The molecule has 0 unspecified atom stereocenters. The highest BCUT2D eigenvalue weighted by molar-refractivity contribution is 7.14. The zero-order valence-electron chi connectivity index (χ0n) is 15.2. The second-order valence-corrected chi connectivity index (χ2v) is 8.34. The molecule has 0 saturated carbocycles. The van der Waals surface area contributed by atoms with Crippen molar-refractivity contribution >= 4 is 28.9 Å². The number of benzene rings is 1. The summed E-state index contributed by atoms with van der Waals surface area (Å²) in [5, 5.41) is 0. The number of fused-ring (bicyclic) bond motifs is 2. The lowest BCUT2D eigenvalue weighted by Crippen LogP contribution is -2.43. The summed E-state index contributed by atoms with van der Waals surface area (Å²) in [5.74, 6) is -0.539. The number of nitrogens with zero attached hydrogens (tertiary/aromatic N) is 1. The standard InChI is InChI=1S/C21H23NO3S/c1-13-11-15-7-3-5-9-17(15)22(13)20(23)14(2)25-21(24)19-12-16-8-4-6-10-18(16)26-19/h3,5,7,9,12-14H,4,6,8,10-11H2,1-2H3/t13-,14+/m1/s1. The molecule has 2 heterocycles. The van der Waals surface area contributed by atoms with Crippen LogP contribution in [0.25, 0.3) is 0 Å². The topological polar surface area (TPSA) is 46.6 Å². The van der Waals surface area contributed by atoms with E-state index in [1.807, 2.05) is 37.3 Å². The van der Waals surface area contributed by atoms with E-state index in [9.17, 15) is 9.59 Å². The summed E-state index contributed by atoms with van der Waals surface area (Å²) in [6, 6.07) is 9.96. The fraction of sp³-hybridized carbons (Fsp3) is 0.429. The maximum Gasteiger partial charge on any atom is 0.349 e. The fourth-order valence-corrected chi connectivity index (χ4v) is 5.09. The third-order valence-corrected chi connectivity index (χ3v) is 6.49. The van der Waals surface area contributed by atoms with Gasteiger partial charge in [-0.3, -0.25) is 4.79 Å². The molecule has 0 spiro atoms. The molecule has 0 N–H and O–H groups in total. The van der Waals surface area contributed by atoms with E-state index < -0.39 is 6.10 Å². The molecule has 0 saturated heterocycles. The van der Waals surface area contributed by atoms with Gasteiger partial charge in [-0.25, -0.2) is 4.79 Å². The van der Waals surface area contributed by atoms with E-state index in [-0.39, 0.29) is 17.9 Å². The zero-order valence-corrected chi connectivity index (χ0v) is 16.0. The van der Waals surface area contributed by atoms with E-state index in [1.165, 1.54) is 34.6 Å². The van der Waals surface area contributed by atoms with Crippen molar-refractivity contribution in [2.75, 3.05) is 4.90 Å². The van der Waals surface area contributed by atoms with Gasteiger partial charge in [-0.05, 0) is 69.2 Å². The Balaban J connectivity index is 1.47. The molecule has 2 aromatic rings. The molecule has 26 heavy (non-hydrogen) atoms. The van der Waals surface area contributed by atoms with Gasteiger partial charge in [0.05, 0.1) is 0 Å². The van der Waals surface area contributed by atoms with E-state index >= 15 is 0 Å². The van der Waals surface area contributed by atoms with Crippen LogP contribution >= 0.6 is 11.3 Å². The molecule has 2 aliphatic rings. The average molecular weight is 369 g/mol. The first-order valence-corrected chi connectivity index (χ1v) is 10.1. The number of hydrogen-bond acceptors (Lipinski definition) is 4. The van der Waals surface area contributed by atoms with Gasteiger partial charge in [0, 0.05) is 16.6 Å². The van der Waals surface area contributed by atoms with Crippen molar-refractivity contribution in [3.05, 3.63) is 51.2 Å². The Hall–Kier alpha value is -2.14. The van der Waals surface area contributed by atoms with Gasteiger partial charge in [-0.15, -0.1) is 11.3 Å². The van der Waals surface area contributed by atoms with Crippen LogP contribution in [0.5, 0.6) is 0 Å². The molecule has 1 aromatic heterocycles. The zero-order chi connectivity index (χ0) is 18.3. The molecule has 0 bridgehead atoms. The van der Waals surface area contributed by atoms with Crippen LogP contribution < -0.4 is 4.90 Å². The van der Waals surface area contributed by atoms with Crippen molar-refractivity contribution in [2.24, 2.45) is 0 Å². The first kappa shape index (κ1) is 17.3. The van der Waals surface area contributed by atoms with Crippen LogP contribution in [0, 0.1) is 0 Å². The summed E-state index contributed by atoms with van der Waals surface area (Å²) >= 11 is 1.52. The number of carbonyl (C=O) groups is 2. The third-order valence-electron chi connectivity index (χ3n) is 5.27. The highest BCUT2D eigenvalue weighted by atomic mass is 32.1. The number of rotatable bonds is 3. The van der Waals surface area contributed by atoms with Crippen molar-refractivity contribution in [3.63, 3.8) is 0 Å². The minimum absolute atomic E-state index is 0.0788. The number of esters is 1. The Bertz CT molecular complexity index is 833. The molecule has 5 heteroatoms. The van der Waals surface area contributed by atoms with Crippen molar-refractivity contribution < 1.29 is 14.3 Å². The van der Waals surface area contributed by atoms with Gasteiger partial charge in [0.2, 0.25) is 0 Å². The van der Waals surface area contributed by atoms with E-state index in [0.29, 0.717) is 4.88 Å². The Morgan fingerprint density at radius 2 is 1.96 bits per heavy atom. The lowest BCUT2D eigenvalue weighted by molar-refractivity contribution is -0.126. The van der Waals surface area contributed by atoms with Crippen LogP contribution in [0.4, 0.5) is 5.69 Å². The molecular weight excluding hydrogens is 346 g/mol. The van der Waals surface area contributed by atoms with Crippen LogP contribution in [0.1, 0.15) is 52.4 Å². The molecule has 1 amide bonds. The Morgan fingerprint density at radius 1 is 1.19 bits per heavy atom. The number of para-hydroxylation sites is 1. The highest BCUT2D eigenvalue weighted by Crippen LogP contribution is 2.33. The number of carbonyl (C=O) groups excluding carboxylic acids is 2. The summed E-state index contributed by atoms with van der Waals surface area (Å²) < 4.78 is 5.53. The van der Waals surface area contributed by atoms with E-state index in [2.05, 4.69) is 0 Å². The highest BCUT2D eigenvalue weighted by Gasteiger charge is 2.34. The molecule has 136 valence electrons. The van der Waals surface area contributed by atoms with Gasteiger partial charge in [-0.1, -0.05) is 18.2 Å². The second-order valence-electron chi connectivity index (χ2n) is 7.20. The van der Waals surface area contributed by atoms with Gasteiger partial charge >= 0.3 is 5.97 Å². The number of anilines is 1. The van der Waals surface area contributed by atoms with Gasteiger partial charge in [-0.2, -0.15) is 0 Å². The minimum Gasteiger partial charge on any atom is -0.448 e.